The van der Waals surface area contributed by atoms with Crippen LogP contribution in [0.5, 0.6) is 5.75 Å². The number of aliphatic hydroxyl groups is 1. The van der Waals surface area contributed by atoms with Gasteiger partial charge in [0.2, 0.25) is 0 Å². The monoisotopic (exact) mass is 394 g/mol. The molecular weight excluding hydrogens is 356 g/mol. The number of aliphatic hydroxyl groups excluding tert-OH is 1. The van der Waals surface area contributed by atoms with Crippen LogP contribution in [0.1, 0.15) is 77.2 Å². The normalized spacial score (nSPS) is 45.4. The highest BCUT2D eigenvalue weighted by Crippen LogP contribution is 2.67. The van der Waals surface area contributed by atoms with E-state index in [0.717, 1.165) is 29.9 Å². The fourth-order valence-corrected chi connectivity index (χ4v) is 8.21. The molecule has 4 saturated carbocycles. The lowest BCUT2D eigenvalue weighted by molar-refractivity contribution is -0.119. The molecule has 4 aliphatic carbocycles. The minimum Gasteiger partial charge on any atom is -0.497 e. The Morgan fingerprint density at radius 1 is 0.931 bits per heavy atom. The first-order valence-corrected chi connectivity index (χ1v) is 12.0. The molecule has 0 aliphatic heterocycles. The number of fused-ring (bicyclic) bond motifs is 5. The van der Waals surface area contributed by atoms with Gasteiger partial charge in [0.15, 0.2) is 0 Å². The molecule has 1 N–H and O–H groups in total. The predicted molar refractivity (Wildman–Crippen MR) is 119 cm³/mol. The molecule has 0 bridgehead atoms. The highest BCUT2D eigenvalue weighted by Gasteiger charge is 2.60. The van der Waals surface area contributed by atoms with Crippen molar-refractivity contribution >= 4 is 6.08 Å². The molecule has 0 aromatic heterocycles. The maximum atomic E-state index is 11.4. The maximum absolute atomic E-state index is 11.4. The zero-order valence-electron chi connectivity index (χ0n) is 18.5. The first-order valence-electron chi connectivity index (χ1n) is 12.0. The molecule has 0 heterocycles. The van der Waals surface area contributed by atoms with Crippen molar-refractivity contribution in [3.8, 4) is 5.75 Å². The second-order valence-electron chi connectivity index (χ2n) is 11.0. The second-order valence-corrected chi connectivity index (χ2v) is 11.0. The minimum absolute atomic E-state index is 0.0668. The Kier molecular flexibility index (Phi) is 4.85. The van der Waals surface area contributed by atoms with Crippen molar-refractivity contribution in [1.82, 2.24) is 0 Å². The largest absolute Gasteiger partial charge is 0.497 e. The fourth-order valence-electron chi connectivity index (χ4n) is 8.21. The topological polar surface area (TPSA) is 29.5 Å². The van der Waals surface area contributed by atoms with Crippen LogP contribution >= 0.6 is 0 Å². The van der Waals surface area contributed by atoms with Gasteiger partial charge >= 0.3 is 0 Å². The number of rotatable bonds is 2. The van der Waals surface area contributed by atoms with Gasteiger partial charge < -0.3 is 9.84 Å². The van der Waals surface area contributed by atoms with E-state index in [4.69, 9.17) is 4.74 Å². The van der Waals surface area contributed by atoms with Gasteiger partial charge in [0, 0.05) is 5.41 Å². The van der Waals surface area contributed by atoms with Crippen LogP contribution in [0.25, 0.3) is 6.08 Å². The molecule has 0 spiro atoms. The summed E-state index contributed by atoms with van der Waals surface area (Å²) >= 11 is 0. The van der Waals surface area contributed by atoms with Crippen molar-refractivity contribution in [2.24, 2.45) is 34.5 Å². The summed E-state index contributed by atoms with van der Waals surface area (Å²) in [6, 6.07) is 8.26. The summed E-state index contributed by atoms with van der Waals surface area (Å²) in [4.78, 5) is 0. The third-order valence-corrected chi connectivity index (χ3v) is 9.92. The van der Waals surface area contributed by atoms with Gasteiger partial charge in [-0.3, -0.25) is 0 Å². The van der Waals surface area contributed by atoms with E-state index in [0.29, 0.717) is 11.3 Å². The molecule has 0 amide bonds. The third kappa shape index (κ3) is 3.00. The van der Waals surface area contributed by atoms with Gasteiger partial charge in [-0.2, -0.15) is 0 Å². The lowest BCUT2D eigenvalue weighted by atomic mass is 9.45. The Bertz CT molecular complexity index is 780. The van der Waals surface area contributed by atoms with E-state index in [2.05, 4.69) is 32.1 Å². The molecule has 158 valence electrons. The summed E-state index contributed by atoms with van der Waals surface area (Å²) in [6.45, 7) is 5.03. The summed E-state index contributed by atoms with van der Waals surface area (Å²) in [5.41, 5.74) is 3.08. The van der Waals surface area contributed by atoms with Gasteiger partial charge in [-0.05, 0) is 97.3 Å². The van der Waals surface area contributed by atoms with Crippen LogP contribution in [0.4, 0.5) is 0 Å². The van der Waals surface area contributed by atoms with Crippen LogP contribution in [-0.4, -0.2) is 18.3 Å². The Labute approximate surface area is 176 Å². The lowest BCUT2D eigenvalue weighted by Crippen LogP contribution is -2.53. The molecule has 5 rings (SSSR count). The Hall–Kier alpha value is -1.28. The van der Waals surface area contributed by atoms with Crippen molar-refractivity contribution in [3.05, 3.63) is 35.4 Å². The second kappa shape index (κ2) is 7.15. The van der Waals surface area contributed by atoms with Crippen molar-refractivity contribution < 1.29 is 9.84 Å². The number of benzene rings is 1. The first-order chi connectivity index (χ1) is 14.0. The van der Waals surface area contributed by atoms with Crippen LogP contribution in [0, 0.1) is 34.5 Å². The standard InChI is InChI=1S/C27H38O2/c1-26-14-5-4-6-20(26)9-12-22-23(26)13-15-27(2)24(22)17-19(25(27)28)16-18-7-10-21(29-3)11-8-18/h7-8,10-11,16,20,22-25,28H,4-6,9,12-15,17H2,1-3H3/b19-16+/t20-,22+,23-,24-,25-,26-,27-/m0/s1. The van der Waals surface area contributed by atoms with Gasteiger partial charge in [-0.15, -0.1) is 0 Å². The Morgan fingerprint density at radius 3 is 2.48 bits per heavy atom. The van der Waals surface area contributed by atoms with Crippen LogP contribution in [-0.2, 0) is 0 Å². The molecule has 2 heteroatoms. The molecule has 4 aliphatic rings. The quantitative estimate of drug-likeness (QED) is 0.622. The highest BCUT2D eigenvalue weighted by atomic mass is 16.5. The summed E-state index contributed by atoms with van der Waals surface area (Å²) in [6.07, 6.45) is 14.2. The van der Waals surface area contributed by atoms with Crippen molar-refractivity contribution in [2.45, 2.75) is 77.7 Å². The minimum atomic E-state index is -0.285. The summed E-state index contributed by atoms with van der Waals surface area (Å²) in [5.74, 6) is 4.19. The predicted octanol–water partition coefficient (Wildman–Crippen LogP) is 6.48. The summed E-state index contributed by atoms with van der Waals surface area (Å²) in [5, 5.41) is 11.4. The number of methoxy groups -OCH3 is 1. The smallest absolute Gasteiger partial charge is 0.118 e. The molecule has 2 nitrogen and oxygen atoms in total. The molecule has 1 aromatic rings. The third-order valence-electron chi connectivity index (χ3n) is 9.92. The number of ether oxygens (including phenoxy) is 1. The van der Waals surface area contributed by atoms with Gasteiger partial charge in [0.25, 0.3) is 0 Å². The van der Waals surface area contributed by atoms with E-state index < -0.39 is 0 Å². The Morgan fingerprint density at radius 2 is 1.72 bits per heavy atom. The molecule has 0 saturated heterocycles. The van der Waals surface area contributed by atoms with Crippen LogP contribution < -0.4 is 4.74 Å². The highest BCUT2D eigenvalue weighted by molar-refractivity contribution is 5.56. The fraction of sp³-hybridized carbons (Fsp3) is 0.704. The van der Waals surface area contributed by atoms with E-state index in [1.807, 2.05) is 12.1 Å². The van der Waals surface area contributed by atoms with E-state index in [1.54, 1.807) is 7.11 Å². The van der Waals surface area contributed by atoms with Crippen LogP contribution in [0.2, 0.25) is 0 Å². The van der Waals surface area contributed by atoms with Crippen LogP contribution in [0.15, 0.2) is 29.8 Å². The number of hydrogen-bond acceptors (Lipinski definition) is 2. The summed E-state index contributed by atoms with van der Waals surface area (Å²) < 4.78 is 5.30. The van der Waals surface area contributed by atoms with Crippen molar-refractivity contribution in [3.63, 3.8) is 0 Å². The average Bonchev–Trinajstić information content (AvgIpc) is 2.99. The molecule has 0 radical (unpaired) electrons. The molecule has 29 heavy (non-hydrogen) atoms. The van der Waals surface area contributed by atoms with Gasteiger partial charge in [0.1, 0.15) is 5.75 Å². The average molecular weight is 395 g/mol. The SMILES string of the molecule is COc1ccc(/C=C2\C[C@H]3[C@@H]4CC[C@@H]5CCCC[C@]5(C)[C@H]4CC[C@]3(C)[C@H]2O)cc1. The summed E-state index contributed by atoms with van der Waals surface area (Å²) in [7, 11) is 1.71. The van der Waals surface area contributed by atoms with Gasteiger partial charge in [-0.1, -0.05) is 44.9 Å². The van der Waals surface area contributed by atoms with E-state index in [1.165, 1.54) is 62.5 Å². The Balaban J connectivity index is 1.43. The van der Waals surface area contributed by atoms with E-state index in [9.17, 15) is 5.11 Å². The molecule has 7 atom stereocenters. The van der Waals surface area contributed by atoms with Crippen molar-refractivity contribution in [2.75, 3.05) is 7.11 Å². The van der Waals surface area contributed by atoms with E-state index >= 15 is 0 Å². The molecule has 1 aromatic carbocycles. The van der Waals surface area contributed by atoms with Gasteiger partial charge in [0.05, 0.1) is 13.2 Å². The zero-order chi connectivity index (χ0) is 20.2. The zero-order valence-corrected chi connectivity index (χ0v) is 18.5. The van der Waals surface area contributed by atoms with E-state index in [-0.39, 0.29) is 11.5 Å². The number of hydrogen-bond donors (Lipinski definition) is 1. The first kappa shape index (κ1) is 19.7. The van der Waals surface area contributed by atoms with Crippen molar-refractivity contribution in [1.29, 1.82) is 0 Å². The molecule has 4 fully saturated rings. The maximum Gasteiger partial charge on any atom is 0.118 e. The van der Waals surface area contributed by atoms with Crippen LogP contribution in [0.3, 0.4) is 0 Å². The van der Waals surface area contributed by atoms with Gasteiger partial charge in [-0.25, -0.2) is 0 Å². The molecule has 0 unspecified atom stereocenters. The lowest BCUT2D eigenvalue weighted by Gasteiger charge is -2.60. The molecular formula is C27H38O2.